The third-order valence-corrected chi connectivity index (χ3v) is 3.36. The lowest BCUT2D eigenvalue weighted by Crippen LogP contribution is -2.39. The molecule has 0 bridgehead atoms. The summed E-state index contributed by atoms with van der Waals surface area (Å²) in [6, 6.07) is 0. The number of carbonyl (C=O) groups excluding carboxylic acids is 3. The van der Waals surface area contributed by atoms with Gasteiger partial charge in [-0.2, -0.15) is 0 Å². The smallest absolute Gasteiger partial charge is 0.317 e. The van der Waals surface area contributed by atoms with E-state index >= 15 is 0 Å². The molecule has 1 aliphatic rings. The van der Waals surface area contributed by atoms with Gasteiger partial charge >= 0.3 is 17.9 Å². The average molecular weight is 315 g/mol. The first-order valence-corrected chi connectivity index (χ1v) is 7.78. The summed E-state index contributed by atoms with van der Waals surface area (Å²) < 4.78 is 14.8. The predicted molar refractivity (Wildman–Crippen MR) is 78.1 cm³/mol. The van der Waals surface area contributed by atoms with Crippen molar-refractivity contribution in [2.24, 2.45) is 0 Å². The highest BCUT2D eigenvalue weighted by Gasteiger charge is 2.23. The van der Waals surface area contributed by atoms with Gasteiger partial charge in [-0.1, -0.05) is 0 Å². The molecule has 1 aliphatic heterocycles. The first-order chi connectivity index (χ1) is 10.5. The molecule has 0 amide bonds. The largest absolute Gasteiger partial charge is 0.466 e. The molecule has 1 rings (SSSR count). The fourth-order valence-electron chi connectivity index (χ4n) is 2.29. The Hall–Kier alpha value is -1.63. The van der Waals surface area contributed by atoms with Crippen molar-refractivity contribution in [3.8, 4) is 0 Å². The highest BCUT2D eigenvalue weighted by Crippen LogP contribution is 2.15. The molecule has 0 aromatic carbocycles. The third kappa shape index (κ3) is 7.40. The third-order valence-electron chi connectivity index (χ3n) is 3.36. The van der Waals surface area contributed by atoms with Gasteiger partial charge in [0.1, 0.15) is 12.5 Å². The normalized spacial score (nSPS) is 16.1. The average Bonchev–Trinajstić information content (AvgIpc) is 2.47. The SMILES string of the molecule is CCOC(=O)CCN1CCC(OC(=O)CC(=O)OCC)CC1. The van der Waals surface area contributed by atoms with Crippen molar-refractivity contribution >= 4 is 17.9 Å². The van der Waals surface area contributed by atoms with Gasteiger partial charge in [-0.05, 0) is 26.7 Å². The Morgan fingerprint density at radius 3 is 2.14 bits per heavy atom. The zero-order chi connectivity index (χ0) is 16.4. The van der Waals surface area contributed by atoms with Gasteiger partial charge < -0.3 is 19.1 Å². The second-order valence-corrected chi connectivity index (χ2v) is 5.07. The molecule has 0 aliphatic carbocycles. The van der Waals surface area contributed by atoms with Crippen molar-refractivity contribution in [1.29, 1.82) is 0 Å². The van der Waals surface area contributed by atoms with Crippen LogP contribution in [0.5, 0.6) is 0 Å². The van der Waals surface area contributed by atoms with Gasteiger partial charge in [-0.3, -0.25) is 14.4 Å². The summed E-state index contributed by atoms with van der Waals surface area (Å²) in [5.41, 5.74) is 0. The number of hydrogen-bond acceptors (Lipinski definition) is 7. The zero-order valence-electron chi connectivity index (χ0n) is 13.3. The standard InChI is InChI=1S/C15H25NO6/c1-3-20-13(17)7-10-16-8-5-12(6-9-16)22-15(19)11-14(18)21-4-2/h12H,3-11H2,1-2H3. The molecule has 1 fully saturated rings. The van der Waals surface area contributed by atoms with Crippen LogP contribution < -0.4 is 0 Å². The summed E-state index contributed by atoms with van der Waals surface area (Å²) in [4.78, 5) is 36.2. The van der Waals surface area contributed by atoms with Crippen LogP contribution in [0.2, 0.25) is 0 Å². The van der Waals surface area contributed by atoms with Gasteiger partial charge in [0.15, 0.2) is 0 Å². The van der Waals surface area contributed by atoms with Crippen LogP contribution in [-0.4, -0.2) is 61.8 Å². The molecule has 0 aromatic heterocycles. The molecular formula is C15H25NO6. The molecule has 7 heteroatoms. The van der Waals surface area contributed by atoms with Crippen molar-refractivity contribution in [1.82, 2.24) is 4.90 Å². The van der Waals surface area contributed by atoms with E-state index in [0.717, 1.165) is 13.1 Å². The molecule has 0 N–H and O–H groups in total. The van der Waals surface area contributed by atoms with Crippen LogP contribution in [0.1, 0.15) is 39.5 Å². The Balaban J connectivity index is 2.18. The summed E-state index contributed by atoms with van der Waals surface area (Å²) in [6.45, 7) is 6.31. The van der Waals surface area contributed by atoms with E-state index in [1.54, 1.807) is 13.8 Å². The Kier molecular flexibility index (Phi) is 8.50. The fourth-order valence-corrected chi connectivity index (χ4v) is 2.29. The maximum Gasteiger partial charge on any atom is 0.317 e. The van der Waals surface area contributed by atoms with Crippen LogP contribution in [0.3, 0.4) is 0 Å². The summed E-state index contributed by atoms with van der Waals surface area (Å²) in [6.07, 6.45) is 1.29. The predicted octanol–water partition coefficient (Wildman–Crippen LogP) is 0.900. The van der Waals surface area contributed by atoms with E-state index in [-0.39, 0.29) is 25.1 Å². The first-order valence-electron chi connectivity index (χ1n) is 7.78. The molecule has 0 aromatic rings. The van der Waals surface area contributed by atoms with Crippen LogP contribution >= 0.6 is 0 Å². The molecule has 22 heavy (non-hydrogen) atoms. The van der Waals surface area contributed by atoms with E-state index in [2.05, 4.69) is 4.90 Å². The number of nitrogens with zero attached hydrogens (tertiary/aromatic N) is 1. The summed E-state index contributed by atoms with van der Waals surface area (Å²) in [5, 5.41) is 0. The van der Waals surface area contributed by atoms with E-state index in [1.807, 2.05) is 0 Å². The highest BCUT2D eigenvalue weighted by atomic mass is 16.6. The molecular weight excluding hydrogens is 290 g/mol. The molecule has 0 radical (unpaired) electrons. The number of ether oxygens (including phenoxy) is 3. The Morgan fingerprint density at radius 2 is 1.55 bits per heavy atom. The quantitative estimate of drug-likeness (QED) is 0.374. The van der Waals surface area contributed by atoms with Gasteiger partial charge in [0.25, 0.3) is 0 Å². The lowest BCUT2D eigenvalue weighted by Gasteiger charge is -2.31. The van der Waals surface area contributed by atoms with Crippen molar-refractivity contribution in [3.63, 3.8) is 0 Å². The Bertz CT molecular complexity index is 376. The van der Waals surface area contributed by atoms with E-state index in [1.165, 1.54) is 0 Å². The van der Waals surface area contributed by atoms with Crippen LogP contribution in [0, 0.1) is 0 Å². The number of hydrogen-bond donors (Lipinski definition) is 0. The minimum absolute atomic E-state index is 0.166. The van der Waals surface area contributed by atoms with E-state index < -0.39 is 11.9 Å². The van der Waals surface area contributed by atoms with Gasteiger partial charge in [0, 0.05) is 19.6 Å². The van der Waals surface area contributed by atoms with Gasteiger partial charge in [0.05, 0.1) is 19.6 Å². The lowest BCUT2D eigenvalue weighted by atomic mass is 10.1. The van der Waals surface area contributed by atoms with Crippen molar-refractivity contribution in [3.05, 3.63) is 0 Å². The summed E-state index contributed by atoms with van der Waals surface area (Å²) in [5.74, 6) is -1.28. The minimum atomic E-state index is -0.556. The van der Waals surface area contributed by atoms with Crippen molar-refractivity contribution in [2.75, 3.05) is 32.8 Å². The minimum Gasteiger partial charge on any atom is -0.466 e. The van der Waals surface area contributed by atoms with Crippen molar-refractivity contribution < 1.29 is 28.6 Å². The molecule has 0 atom stereocenters. The number of rotatable bonds is 8. The maximum atomic E-state index is 11.6. The number of carbonyl (C=O) groups is 3. The number of likely N-dealkylation sites (tertiary alicyclic amines) is 1. The van der Waals surface area contributed by atoms with Crippen molar-refractivity contribution in [2.45, 2.75) is 45.6 Å². The number of esters is 3. The Morgan fingerprint density at radius 1 is 0.955 bits per heavy atom. The highest BCUT2D eigenvalue weighted by molar-refractivity contribution is 5.91. The van der Waals surface area contributed by atoms with E-state index in [9.17, 15) is 14.4 Å². The van der Waals surface area contributed by atoms with Crippen LogP contribution in [0.15, 0.2) is 0 Å². The monoisotopic (exact) mass is 315 g/mol. The topological polar surface area (TPSA) is 82.1 Å². The molecule has 126 valence electrons. The molecule has 0 spiro atoms. The van der Waals surface area contributed by atoms with Gasteiger partial charge in [-0.15, -0.1) is 0 Å². The molecule has 0 unspecified atom stereocenters. The summed E-state index contributed by atoms with van der Waals surface area (Å²) in [7, 11) is 0. The second kappa shape index (κ2) is 10.2. The van der Waals surface area contributed by atoms with Crippen LogP contribution in [0.25, 0.3) is 0 Å². The van der Waals surface area contributed by atoms with Gasteiger partial charge in [0.2, 0.25) is 0 Å². The van der Waals surface area contributed by atoms with Crippen LogP contribution in [0.4, 0.5) is 0 Å². The zero-order valence-corrected chi connectivity index (χ0v) is 13.3. The van der Waals surface area contributed by atoms with Crippen LogP contribution in [-0.2, 0) is 28.6 Å². The molecule has 0 saturated carbocycles. The summed E-state index contributed by atoms with van der Waals surface area (Å²) >= 11 is 0. The maximum absolute atomic E-state index is 11.6. The second-order valence-electron chi connectivity index (χ2n) is 5.07. The Labute approximate surface area is 130 Å². The first kappa shape index (κ1) is 18.4. The lowest BCUT2D eigenvalue weighted by molar-refractivity contribution is -0.158. The molecule has 1 saturated heterocycles. The number of piperidine rings is 1. The van der Waals surface area contributed by atoms with E-state index in [0.29, 0.717) is 32.4 Å². The fraction of sp³-hybridized carbons (Fsp3) is 0.800. The van der Waals surface area contributed by atoms with Gasteiger partial charge in [-0.25, -0.2) is 0 Å². The molecule has 1 heterocycles. The molecule has 7 nitrogen and oxygen atoms in total. The van der Waals surface area contributed by atoms with E-state index in [4.69, 9.17) is 14.2 Å².